The quantitative estimate of drug-likeness (QED) is 0.571. The maximum absolute atomic E-state index is 13.2. The first kappa shape index (κ1) is 21.5. The van der Waals surface area contributed by atoms with Gasteiger partial charge in [0, 0.05) is 12.2 Å². The molecule has 31 heavy (non-hydrogen) atoms. The van der Waals surface area contributed by atoms with Gasteiger partial charge in [-0.05, 0) is 57.6 Å². The van der Waals surface area contributed by atoms with Crippen LogP contribution in [-0.2, 0) is 0 Å². The number of imide groups is 1. The van der Waals surface area contributed by atoms with Gasteiger partial charge in [-0.3, -0.25) is 19.3 Å². The van der Waals surface area contributed by atoms with Crippen LogP contribution in [0.15, 0.2) is 23.1 Å². The van der Waals surface area contributed by atoms with Crippen LogP contribution < -0.4 is 5.56 Å². The molecule has 5 rings (SSSR count). The predicted octanol–water partition coefficient (Wildman–Crippen LogP) is 2.99. The number of carbonyl (C=O) groups is 2. The van der Waals surface area contributed by atoms with Gasteiger partial charge >= 0.3 is 0 Å². The number of piperidine rings is 1. The topological polar surface area (TPSA) is 102 Å². The predicted molar refractivity (Wildman–Crippen MR) is 120 cm³/mol. The molecule has 2 amide bonds. The van der Waals surface area contributed by atoms with Crippen LogP contribution in [0.5, 0.6) is 0 Å². The minimum Gasteiger partial charge on any atom is -0.338 e. The zero-order chi connectivity index (χ0) is 21.2. The Morgan fingerprint density at radius 1 is 1.13 bits per heavy atom. The summed E-state index contributed by atoms with van der Waals surface area (Å²) in [6.45, 7) is 3.50. The number of aryl methyl sites for hydroxylation is 1. The molecule has 0 unspecified atom stereocenters. The third-order valence-electron chi connectivity index (χ3n) is 6.10. The number of hydrogen-bond donors (Lipinski definition) is 2. The minimum atomic E-state index is -0.368. The molecule has 10 heteroatoms. The summed E-state index contributed by atoms with van der Waals surface area (Å²) < 4.78 is 0. The number of aromatic amines is 2. The van der Waals surface area contributed by atoms with Gasteiger partial charge in [-0.25, -0.2) is 4.98 Å². The molecule has 1 aromatic carbocycles. The Balaban J connectivity index is 0.00000231. The highest BCUT2D eigenvalue weighted by atomic mass is 35.5. The highest BCUT2D eigenvalue weighted by Gasteiger charge is 2.42. The second-order valence-electron chi connectivity index (χ2n) is 7.95. The summed E-state index contributed by atoms with van der Waals surface area (Å²) >= 11 is 6.20. The number of hydrogen-bond acceptors (Lipinski definition) is 5. The lowest BCUT2D eigenvalue weighted by Crippen LogP contribution is -2.46. The largest absolute Gasteiger partial charge is 0.338 e. The molecule has 0 bridgehead atoms. The van der Waals surface area contributed by atoms with Crippen LogP contribution in [0.2, 0.25) is 5.02 Å². The lowest BCUT2D eigenvalue weighted by Gasteiger charge is -2.33. The molecule has 162 valence electrons. The van der Waals surface area contributed by atoms with Gasteiger partial charge in [-0.2, -0.15) is 0 Å². The first-order chi connectivity index (χ1) is 14.4. The number of aromatic nitrogens is 3. The van der Waals surface area contributed by atoms with Crippen molar-refractivity contribution in [2.24, 2.45) is 0 Å². The highest BCUT2D eigenvalue weighted by Crippen LogP contribution is 2.35. The van der Waals surface area contributed by atoms with E-state index < -0.39 is 0 Å². The number of pyridine rings is 1. The number of likely N-dealkylation sites (tertiary alicyclic amines) is 1. The summed E-state index contributed by atoms with van der Waals surface area (Å²) in [6, 6.07) is 3.15. The number of benzene rings is 1. The molecule has 4 heterocycles. The first-order valence-electron chi connectivity index (χ1n) is 9.84. The van der Waals surface area contributed by atoms with Crippen molar-refractivity contribution in [3.8, 4) is 11.4 Å². The van der Waals surface area contributed by atoms with E-state index in [1.54, 1.807) is 19.1 Å². The fraction of sp³-hybridized carbons (Fsp3) is 0.333. The SMILES string of the molecule is Cc1c2c(cc3[nH]c(-c4c(Cl)cc[nH]c4=O)nc13)C(=O)N(C1CCN(C)CC1)C2=O.Cl. The third kappa shape index (κ3) is 3.26. The molecule has 0 saturated carbocycles. The van der Waals surface area contributed by atoms with Gasteiger partial charge in [0.05, 0.1) is 27.2 Å². The molecule has 2 aliphatic heterocycles. The van der Waals surface area contributed by atoms with E-state index in [1.807, 2.05) is 7.05 Å². The van der Waals surface area contributed by atoms with Crippen molar-refractivity contribution in [1.29, 1.82) is 0 Å². The van der Waals surface area contributed by atoms with Crippen molar-refractivity contribution in [3.05, 3.63) is 50.4 Å². The number of H-pyrrole nitrogens is 2. The fourth-order valence-corrected chi connectivity index (χ4v) is 4.72. The van der Waals surface area contributed by atoms with Crippen molar-refractivity contribution in [3.63, 3.8) is 0 Å². The number of imidazole rings is 1. The van der Waals surface area contributed by atoms with Crippen LogP contribution >= 0.6 is 24.0 Å². The molecule has 3 aromatic rings. The fourth-order valence-electron chi connectivity index (χ4n) is 4.48. The average Bonchev–Trinajstić information content (AvgIpc) is 3.23. The molecule has 0 spiro atoms. The second kappa shape index (κ2) is 7.78. The Morgan fingerprint density at radius 3 is 2.52 bits per heavy atom. The number of nitrogens with zero attached hydrogens (tertiary/aromatic N) is 3. The van der Waals surface area contributed by atoms with E-state index in [2.05, 4.69) is 19.9 Å². The standard InChI is InChI=1S/C21H20ClN5O3.ClH/c1-10-15-12(20(29)27(21(15)30)11-4-7-26(2)8-5-11)9-14-17(10)25-18(24-14)16-13(22)3-6-23-19(16)28;/h3,6,9,11H,4-5,7-8H2,1-2H3,(H,23,28)(H,24,25);1H. The Bertz CT molecular complexity index is 1270. The Labute approximate surface area is 189 Å². The molecule has 2 N–H and O–H groups in total. The van der Waals surface area contributed by atoms with Crippen molar-refractivity contribution >= 4 is 46.9 Å². The second-order valence-corrected chi connectivity index (χ2v) is 8.36. The van der Waals surface area contributed by atoms with Crippen molar-refractivity contribution in [2.75, 3.05) is 20.1 Å². The van der Waals surface area contributed by atoms with Crippen LogP contribution in [0.1, 0.15) is 39.1 Å². The normalized spacial score (nSPS) is 17.3. The van der Waals surface area contributed by atoms with Crippen molar-refractivity contribution in [1.82, 2.24) is 24.8 Å². The van der Waals surface area contributed by atoms with E-state index in [-0.39, 0.29) is 46.4 Å². The molecule has 2 aromatic heterocycles. The van der Waals surface area contributed by atoms with E-state index in [9.17, 15) is 14.4 Å². The van der Waals surface area contributed by atoms with Gasteiger partial charge in [0.1, 0.15) is 11.4 Å². The summed E-state index contributed by atoms with van der Waals surface area (Å²) in [6.07, 6.45) is 3.01. The molecule has 2 aliphatic rings. The Hall–Kier alpha value is -2.68. The average molecular weight is 462 g/mol. The molecule has 8 nitrogen and oxygen atoms in total. The maximum atomic E-state index is 13.2. The third-order valence-corrected chi connectivity index (χ3v) is 6.42. The number of halogens is 2. The zero-order valence-corrected chi connectivity index (χ0v) is 18.6. The summed E-state index contributed by atoms with van der Waals surface area (Å²) in [5.41, 5.74) is 2.40. The number of rotatable bonds is 2. The summed E-state index contributed by atoms with van der Waals surface area (Å²) in [4.78, 5) is 52.4. The Morgan fingerprint density at radius 2 is 1.84 bits per heavy atom. The van der Waals surface area contributed by atoms with Crippen LogP contribution in [0.25, 0.3) is 22.4 Å². The number of carbonyl (C=O) groups excluding carboxylic acids is 2. The lowest BCUT2D eigenvalue weighted by molar-refractivity contribution is 0.0516. The van der Waals surface area contributed by atoms with Gasteiger partial charge in [0.25, 0.3) is 17.4 Å². The van der Waals surface area contributed by atoms with E-state index in [4.69, 9.17) is 11.6 Å². The number of nitrogens with one attached hydrogen (secondary N) is 2. The molecular formula is C21H21Cl2N5O3. The van der Waals surface area contributed by atoms with Crippen LogP contribution in [0, 0.1) is 6.92 Å². The van der Waals surface area contributed by atoms with Crippen LogP contribution in [0.3, 0.4) is 0 Å². The molecule has 0 radical (unpaired) electrons. The Kier molecular flexibility index (Phi) is 5.41. The number of amides is 2. The summed E-state index contributed by atoms with van der Waals surface area (Å²) in [7, 11) is 2.04. The number of fused-ring (bicyclic) bond motifs is 2. The van der Waals surface area contributed by atoms with Gasteiger partial charge in [0.15, 0.2) is 0 Å². The maximum Gasteiger partial charge on any atom is 0.262 e. The van der Waals surface area contributed by atoms with E-state index in [1.165, 1.54) is 11.1 Å². The molecule has 0 aliphatic carbocycles. The summed E-state index contributed by atoms with van der Waals surface area (Å²) in [5.74, 6) is -0.221. The molecule has 0 atom stereocenters. The van der Waals surface area contributed by atoms with Gasteiger partial charge in [0.2, 0.25) is 0 Å². The van der Waals surface area contributed by atoms with E-state index >= 15 is 0 Å². The zero-order valence-electron chi connectivity index (χ0n) is 17.0. The molecular weight excluding hydrogens is 441 g/mol. The van der Waals surface area contributed by atoms with Crippen molar-refractivity contribution < 1.29 is 9.59 Å². The highest BCUT2D eigenvalue weighted by molar-refractivity contribution is 6.33. The van der Waals surface area contributed by atoms with E-state index in [0.29, 0.717) is 33.5 Å². The van der Waals surface area contributed by atoms with Crippen LogP contribution in [-0.4, -0.2) is 62.7 Å². The first-order valence-corrected chi connectivity index (χ1v) is 10.2. The summed E-state index contributed by atoms with van der Waals surface area (Å²) in [5, 5.41) is 0.267. The smallest absolute Gasteiger partial charge is 0.262 e. The minimum absolute atomic E-state index is 0. The van der Waals surface area contributed by atoms with Gasteiger partial charge in [-0.15, -0.1) is 12.4 Å². The molecule has 1 saturated heterocycles. The van der Waals surface area contributed by atoms with Crippen LogP contribution in [0.4, 0.5) is 0 Å². The van der Waals surface area contributed by atoms with E-state index in [0.717, 1.165) is 25.9 Å². The monoisotopic (exact) mass is 461 g/mol. The van der Waals surface area contributed by atoms with Gasteiger partial charge < -0.3 is 14.9 Å². The van der Waals surface area contributed by atoms with Gasteiger partial charge in [-0.1, -0.05) is 11.6 Å². The molecule has 1 fully saturated rings. The van der Waals surface area contributed by atoms with Crippen molar-refractivity contribution in [2.45, 2.75) is 25.8 Å². The lowest BCUT2D eigenvalue weighted by atomic mass is 10.0.